The van der Waals surface area contributed by atoms with Crippen LogP contribution in [0.25, 0.3) is 0 Å². The Morgan fingerprint density at radius 1 is 1.14 bits per heavy atom. The highest BCUT2D eigenvalue weighted by Crippen LogP contribution is 2.27. The van der Waals surface area contributed by atoms with Crippen molar-refractivity contribution >= 4 is 21.8 Å². The molecule has 1 heterocycles. The summed E-state index contributed by atoms with van der Waals surface area (Å²) >= 11 is 3.53. The van der Waals surface area contributed by atoms with E-state index in [-0.39, 0.29) is 11.8 Å². The maximum absolute atomic E-state index is 12.7. The van der Waals surface area contributed by atoms with Gasteiger partial charge in [-0.25, -0.2) is 0 Å². The number of amides is 1. The van der Waals surface area contributed by atoms with Crippen LogP contribution in [-0.2, 0) is 17.8 Å². The second kappa shape index (κ2) is 10.6. The summed E-state index contributed by atoms with van der Waals surface area (Å²) in [6.07, 6.45) is 2.78. The fraction of sp³-hybridized carbons (Fsp3) is 0.435. The van der Waals surface area contributed by atoms with E-state index in [0.29, 0.717) is 18.0 Å². The third-order valence-corrected chi connectivity index (χ3v) is 5.83. The van der Waals surface area contributed by atoms with Gasteiger partial charge in [-0.3, -0.25) is 9.69 Å². The lowest BCUT2D eigenvalue weighted by molar-refractivity contribution is -0.126. The van der Waals surface area contributed by atoms with Crippen molar-refractivity contribution in [1.82, 2.24) is 10.2 Å². The van der Waals surface area contributed by atoms with Crippen LogP contribution < -0.4 is 14.8 Å². The Morgan fingerprint density at radius 3 is 2.72 bits per heavy atom. The Hall–Kier alpha value is -2.05. The second-order valence-electron chi connectivity index (χ2n) is 7.43. The number of hydrogen-bond acceptors (Lipinski definition) is 4. The van der Waals surface area contributed by atoms with E-state index >= 15 is 0 Å². The van der Waals surface area contributed by atoms with E-state index in [9.17, 15) is 4.79 Å². The van der Waals surface area contributed by atoms with Crippen LogP contribution in [-0.4, -0.2) is 44.7 Å². The van der Waals surface area contributed by atoms with E-state index < -0.39 is 0 Å². The van der Waals surface area contributed by atoms with Crippen LogP contribution in [0.4, 0.5) is 0 Å². The SMILES string of the molecule is COc1ccc(CCNC(=O)C2CCCN(Cc3cccc(Br)c3)C2)cc1OC. The van der Waals surface area contributed by atoms with Crippen molar-refractivity contribution in [2.24, 2.45) is 5.92 Å². The first-order chi connectivity index (χ1) is 14.1. The number of methoxy groups -OCH3 is 2. The van der Waals surface area contributed by atoms with Crippen molar-refractivity contribution in [3.8, 4) is 11.5 Å². The maximum atomic E-state index is 12.7. The van der Waals surface area contributed by atoms with Crippen molar-refractivity contribution in [2.45, 2.75) is 25.8 Å². The number of carbonyl (C=O) groups is 1. The summed E-state index contributed by atoms with van der Waals surface area (Å²) in [7, 11) is 3.26. The quantitative estimate of drug-likeness (QED) is 0.645. The highest BCUT2D eigenvalue weighted by molar-refractivity contribution is 9.10. The van der Waals surface area contributed by atoms with Crippen molar-refractivity contribution in [3.05, 3.63) is 58.1 Å². The van der Waals surface area contributed by atoms with Gasteiger partial charge in [0.1, 0.15) is 0 Å². The van der Waals surface area contributed by atoms with Crippen LogP contribution in [0.5, 0.6) is 11.5 Å². The van der Waals surface area contributed by atoms with Gasteiger partial charge < -0.3 is 14.8 Å². The molecule has 5 nitrogen and oxygen atoms in total. The summed E-state index contributed by atoms with van der Waals surface area (Å²) < 4.78 is 11.7. The number of nitrogens with one attached hydrogen (secondary N) is 1. The Balaban J connectivity index is 1.47. The lowest BCUT2D eigenvalue weighted by Gasteiger charge is -2.32. The monoisotopic (exact) mass is 460 g/mol. The first-order valence-corrected chi connectivity index (χ1v) is 10.8. The summed E-state index contributed by atoms with van der Waals surface area (Å²) in [5.74, 6) is 1.64. The van der Waals surface area contributed by atoms with Crippen LogP contribution in [0.1, 0.15) is 24.0 Å². The van der Waals surface area contributed by atoms with E-state index in [2.05, 4.69) is 44.3 Å². The molecule has 0 bridgehead atoms. The van der Waals surface area contributed by atoms with Crippen LogP contribution in [0.15, 0.2) is 46.9 Å². The molecular formula is C23H29BrN2O3. The molecule has 1 saturated heterocycles. The number of nitrogens with zero attached hydrogens (tertiary/aromatic N) is 1. The first-order valence-electron chi connectivity index (χ1n) is 10.0. The van der Waals surface area contributed by atoms with Crippen LogP contribution in [0.3, 0.4) is 0 Å². The molecule has 3 rings (SSSR count). The zero-order valence-electron chi connectivity index (χ0n) is 17.1. The number of ether oxygens (including phenoxy) is 2. The molecule has 0 aliphatic carbocycles. The molecule has 0 aromatic heterocycles. The molecule has 156 valence electrons. The lowest BCUT2D eigenvalue weighted by Crippen LogP contribution is -2.43. The zero-order chi connectivity index (χ0) is 20.6. The van der Waals surface area contributed by atoms with Crippen molar-refractivity contribution in [3.63, 3.8) is 0 Å². The normalized spacial score (nSPS) is 17.0. The Labute approximate surface area is 181 Å². The van der Waals surface area contributed by atoms with Gasteiger partial charge in [0.05, 0.1) is 20.1 Å². The van der Waals surface area contributed by atoms with Gasteiger partial charge in [-0.2, -0.15) is 0 Å². The van der Waals surface area contributed by atoms with Crippen molar-refractivity contribution in [1.29, 1.82) is 0 Å². The number of hydrogen-bond donors (Lipinski definition) is 1. The van der Waals surface area contributed by atoms with Gasteiger partial charge in [-0.15, -0.1) is 0 Å². The summed E-state index contributed by atoms with van der Waals surface area (Å²) in [5.41, 5.74) is 2.39. The number of carbonyl (C=O) groups excluding carboxylic acids is 1. The van der Waals surface area contributed by atoms with Gasteiger partial charge in [-0.1, -0.05) is 34.1 Å². The number of rotatable bonds is 8. The highest BCUT2D eigenvalue weighted by atomic mass is 79.9. The minimum Gasteiger partial charge on any atom is -0.493 e. The Morgan fingerprint density at radius 2 is 1.97 bits per heavy atom. The lowest BCUT2D eigenvalue weighted by atomic mass is 9.96. The average molecular weight is 461 g/mol. The number of benzene rings is 2. The predicted molar refractivity (Wildman–Crippen MR) is 118 cm³/mol. The summed E-state index contributed by atoms with van der Waals surface area (Å²) in [6.45, 7) is 3.36. The van der Waals surface area contributed by atoms with E-state index in [1.807, 2.05) is 24.3 Å². The van der Waals surface area contributed by atoms with E-state index in [0.717, 1.165) is 48.9 Å². The third-order valence-electron chi connectivity index (χ3n) is 5.33. The third kappa shape index (κ3) is 6.21. The zero-order valence-corrected chi connectivity index (χ0v) is 18.7. The molecule has 0 spiro atoms. The number of likely N-dealkylation sites (tertiary alicyclic amines) is 1. The molecule has 1 atom stereocenters. The molecule has 1 fully saturated rings. The minimum absolute atomic E-state index is 0.0568. The smallest absolute Gasteiger partial charge is 0.224 e. The van der Waals surface area contributed by atoms with Crippen molar-refractivity contribution in [2.75, 3.05) is 33.9 Å². The van der Waals surface area contributed by atoms with Crippen LogP contribution in [0.2, 0.25) is 0 Å². The molecule has 0 radical (unpaired) electrons. The summed E-state index contributed by atoms with van der Waals surface area (Å²) in [6, 6.07) is 14.2. The molecule has 1 amide bonds. The van der Waals surface area contributed by atoms with E-state index in [1.54, 1.807) is 14.2 Å². The van der Waals surface area contributed by atoms with E-state index in [1.165, 1.54) is 5.56 Å². The number of piperidine rings is 1. The largest absolute Gasteiger partial charge is 0.493 e. The molecular weight excluding hydrogens is 432 g/mol. The van der Waals surface area contributed by atoms with Gasteiger partial charge in [0.25, 0.3) is 0 Å². The predicted octanol–water partition coefficient (Wildman–Crippen LogP) is 4.04. The van der Waals surface area contributed by atoms with Gasteiger partial charge in [0.2, 0.25) is 5.91 Å². The second-order valence-corrected chi connectivity index (χ2v) is 8.35. The van der Waals surface area contributed by atoms with Crippen molar-refractivity contribution < 1.29 is 14.3 Å². The first kappa shape index (κ1) is 21.7. The van der Waals surface area contributed by atoms with Gasteiger partial charge in [0.15, 0.2) is 11.5 Å². The maximum Gasteiger partial charge on any atom is 0.224 e. The Bertz CT molecular complexity index is 828. The minimum atomic E-state index is 0.0568. The molecule has 1 N–H and O–H groups in total. The Kier molecular flexibility index (Phi) is 7.95. The molecule has 1 aliphatic rings. The van der Waals surface area contributed by atoms with Crippen LogP contribution in [0, 0.1) is 5.92 Å². The molecule has 29 heavy (non-hydrogen) atoms. The molecule has 0 saturated carbocycles. The standard InChI is InChI=1S/C23H29BrN2O3/c1-28-21-9-8-17(14-22(21)29-2)10-11-25-23(27)19-6-4-12-26(16-19)15-18-5-3-7-20(24)13-18/h3,5,7-9,13-14,19H,4,6,10-12,15-16H2,1-2H3,(H,25,27). The summed E-state index contributed by atoms with van der Waals surface area (Å²) in [5, 5.41) is 3.12. The molecule has 6 heteroatoms. The highest BCUT2D eigenvalue weighted by Gasteiger charge is 2.25. The fourth-order valence-electron chi connectivity index (χ4n) is 3.82. The van der Waals surface area contributed by atoms with Gasteiger partial charge in [0, 0.05) is 24.1 Å². The average Bonchev–Trinajstić information content (AvgIpc) is 2.73. The molecule has 1 aliphatic heterocycles. The summed E-state index contributed by atoms with van der Waals surface area (Å²) in [4.78, 5) is 15.1. The van der Waals surface area contributed by atoms with E-state index in [4.69, 9.17) is 9.47 Å². The topological polar surface area (TPSA) is 50.8 Å². The van der Waals surface area contributed by atoms with Gasteiger partial charge in [-0.05, 0) is 61.2 Å². The molecule has 2 aromatic carbocycles. The van der Waals surface area contributed by atoms with Crippen LogP contribution >= 0.6 is 15.9 Å². The molecule has 1 unspecified atom stereocenters. The molecule has 2 aromatic rings. The number of halogens is 1. The van der Waals surface area contributed by atoms with Gasteiger partial charge >= 0.3 is 0 Å². The fourth-order valence-corrected chi connectivity index (χ4v) is 4.26.